The molecule has 0 radical (unpaired) electrons. The summed E-state index contributed by atoms with van der Waals surface area (Å²) in [6.45, 7) is 0.698. The summed E-state index contributed by atoms with van der Waals surface area (Å²) in [6.07, 6.45) is 3.35. The third-order valence-corrected chi connectivity index (χ3v) is 4.45. The van der Waals surface area contributed by atoms with Crippen molar-refractivity contribution in [3.05, 3.63) is 66.5 Å². The summed E-state index contributed by atoms with van der Waals surface area (Å²) in [5.41, 5.74) is 1.03. The van der Waals surface area contributed by atoms with Crippen LogP contribution < -0.4 is 16.0 Å². The number of nitrogens with one attached hydrogen (secondary N) is 3. The van der Waals surface area contributed by atoms with Crippen LogP contribution in [0, 0.1) is 0 Å². The molecule has 2 aromatic heterocycles. The molecule has 7 nitrogen and oxygen atoms in total. The van der Waals surface area contributed by atoms with Gasteiger partial charge in [0.1, 0.15) is 5.82 Å². The van der Waals surface area contributed by atoms with Crippen molar-refractivity contribution in [2.24, 2.45) is 0 Å². The molecule has 1 aromatic carbocycles. The maximum absolute atomic E-state index is 12.6. The third-order valence-electron chi connectivity index (χ3n) is 3.66. The van der Waals surface area contributed by atoms with Crippen LogP contribution in [0.4, 0.5) is 26.1 Å². The fourth-order valence-corrected chi connectivity index (χ4v) is 3.03. The highest BCUT2D eigenvalue weighted by atomic mass is 32.2. The lowest BCUT2D eigenvalue weighted by molar-refractivity contribution is 0.0952. The van der Waals surface area contributed by atoms with Crippen LogP contribution in [-0.4, -0.2) is 39.9 Å². The van der Waals surface area contributed by atoms with E-state index in [0.717, 1.165) is 5.69 Å². The van der Waals surface area contributed by atoms with E-state index in [-0.39, 0.29) is 10.5 Å². The Kier molecular flexibility index (Phi) is 7.28. The van der Waals surface area contributed by atoms with E-state index in [9.17, 15) is 13.6 Å². The SMILES string of the molecule is O=C(NCCNc1ccc(Nc2cccnc2)nn1)c1ccccc1SC(F)F. The molecule has 3 rings (SSSR count). The molecule has 1 amide bonds. The lowest BCUT2D eigenvalue weighted by Gasteiger charge is -2.10. The van der Waals surface area contributed by atoms with E-state index in [1.165, 1.54) is 12.1 Å². The number of carbonyl (C=O) groups excluding carboxylic acids is 1. The highest BCUT2D eigenvalue weighted by Gasteiger charge is 2.14. The van der Waals surface area contributed by atoms with Gasteiger partial charge in [0.2, 0.25) is 0 Å². The van der Waals surface area contributed by atoms with Crippen molar-refractivity contribution < 1.29 is 13.6 Å². The van der Waals surface area contributed by atoms with Crippen molar-refractivity contribution in [1.82, 2.24) is 20.5 Å². The molecule has 0 aliphatic carbocycles. The summed E-state index contributed by atoms with van der Waals surface area (Å²) in [5, 5.41) is 16.9. The Bertz CT molecular complexity index is 927. The van der Waals surface area contributed by atoms with Gasteiger partial charge in [-0.15, -0.1) is 10.2 Å². The predicted molar refractivity (Wildman–Crippen MR) is 109 cm³/mol. The maximum atomic E-state index is 12.6. The van der Waals surface area contributed by atoms with E-state index in [0.29, 0.717) is 36.5 Å². The average molecular weight is 416 g/mol. The molecule has 2 heterocycles. The molecule has 0 bridgehead atoms. The van der Waals surface area contributed by atoms with E-state index >= 15 is 0 Å². The minimum Gasteiger partial charge on any atom is -0.367 e. The fraction of sp³-hybridized carbons (Fsp3) is 0.158. The molecule has 3 aromatic rings. The number of rotatable bonds is 9. The molecule has 0 spiro atoms. The fourth-order valence-electron chi connectivity index (χ4n) is 2.39. The minimum atomic E-state index is -2.58. The molecule has 0 saturated carbocycles. The average Bonchev–Trinajstić information content (AvgIpc) is 2.73. The topological polar surface area (TPSA) is 91.8 Å². The molecule has 150 valence electrons. The standard InChI is InChI=1S/C19H18F2N6OS/c20-19(21)29-15-6-2-1-5-14(15)18(28)24-11-10-23-16-7-8-17(27-26-16)25-13-4-3-9-22-12-13/h1-9,12,19H,10-11H2,(H,23,26)(H,24,28)(H,25,27). The minimum absolute atomic E-state index is 0.225. The Hall–Kier alpha value is -3.27. The van der Waals surface area contributed by atoms with E-state index in [1.54, 1.807) is 36.7 Å². The Balaban J connectivity index is 1.45. The number of benzene rings is 1. The Morgan fingerprint density at radius 3 is 2.52 bits per heavy atom. The number of carbonyl (C=O) groups is 1. The van der Waals surface area contributed by atoms with Gasteiger partial charge in [-0.2, -0.15) is 8.78 Å². The molecule has 0 aliphatic heterocycles. The third kappa shape index (κ3) is 6.39. The molecule has 0 atom stereocenters. The summed E-state index contributed by atoms with van der Waals surface area (Å²) in [4.78, 5) is 16.5. The Morgan fingerprint density at radius 1 is 1.00 bits per heavy atom. The molecule has 0 unspecified atom stereocenters. The number of amides is 1. The van der Waals surface area contributed by atoms with Crippen molar-refractivity contribution in [3.8, 4) is 0 Å². The van der Waals surface area contributed by atoms with E-state index in [4.69, 9.17) is 0 Å². The molecule has 0 aliphatic rings. The van der Waals surface area contributed by atoms with Crippen LogP contribution in [0.25, 0.3) is 0 Å². The zero-order valence-electron chi connectivity index (χ0n) is 15.2. The van der Waals surface area contributed by atoms with Crippen molar-refractivity contribution in [2.75, 3.05) is 23.7 Å². The smallest absolute Gasteiger partial charge is 0.288 e. The first-order valence-electron chi connectivity index (χ1n) is 8.68. The van der Waals surface area contributed by atoms with Crippen molar-refractivity contribution in [3.63, 3.8) is 0 Å². The van der Waals surface area contributed by atoms with Gasteiger partial charge in [0, 0.05) is 24.2 Å². The van der Waals surface area contributed by atoms with Gasteiger partial charge in [-0.25, -0.2) is 0 Å². The molecule has 0 fully saturated rings. The summed E-state index contributed by atoms with van der Waals surface area (Å²) < 4.78 is 25.2. The summed E-state index contributed by atoms with van der Waals surface area (Å²) in [7, 11) is 0. The normalized spacial score (nSPS) is 10.6. The first-order chi connectivity index (χ1) is 14.1. The number of nitrogens with zero attached hydrogens (tertiary/aromatic N) is 3. The second kappa shape index (κ2) is 10.3. The Morgan fingerprint density at radius 2 is 1.79 bits per heavy atom. The zero-order chi connectivity index (χ0) is 20.5. The van der Waals surface area contributed by atoms with Crippen LogP contribution in [-0.2, 0) is 0 Å². The maximum Gasteiger partial charge on any atom is 0.288 e. The monoisotopic (exact) mass is 416 g/mol. The van der Waals surface area contributed by atoms with Crippen molar-refractivity contribution >= 4 is 35.0 Å². The number of pyridine rings is 1. The second-order valence-electron chi connectivity index (χ2n) is 5.73. The van der Waals surface area contributed by atoms with Crippen LogP contribution in [0.5, 0.6) is 0 Å². The molecular formula is C19H18F2N6OS. The van der Waals surface area contributed by atoms with Gasteiger partial charge in [-0.3, -0.25) is 9.78 Å². The summed E-state index contributed by atoms with van der Waals surface area (Å²) >= 11 is 0.353. The predicted octanol–water partition coefficient (Wildman–Crippen LogP) is 3.77. The Labute approximate surface area is 170 Å². The number of alkyl halides is 2. The second-order valence-corrected chi connectivity index (χ2v) is 6.76. The lowest BCUT2D eigenvalue weighted by Crippen LogP contribution is -2.29. The number of hydrogen-bond donors (Lipinski definition) is 3. The van der Waals surface area contributed by atoms with Crippen molar-refractivity contribution in [2.45, 2.75) is 10.7 Å². The van der Waals surface area contributed by atoms with Crippen LogP contribution in [0.2, 0.25) is 0 Å². The van der Waals surface area contributed by atoms with Crippen LogP contribution in [0.3, 0.4) is 0 Å². The van der Waals surface area contributed by atoms with Gasteiger partial charge in [-0.1, -0.05) is 23.9 Å². The summed E-state index contributed by atoms with van der Waals surface area (Å²) in [6, 6.07) is 13.5. The number of halogens is 2. The van der Waals surface area contributed by atoms with Gasteiger partial charge in [0.05, 0.1) is 17.4 Å². The van der Waals surface area contributed by atoms with Gasteiger partial charge in [0.25, 0.3) is 11.7 Å². The quantitative estimate of drug-likeness (QED) is 0.361. The zero-order valence-corrected chi connectivity index (χ0v) is 16.0. The number of thioether (sulfide) groups is 1. The number of hydrogen-bond acceptors (Lipinski definition) is 7. The van der Waals surface area contributed by atoms with Crippen LogP contribution in [0.1, 0.15) is 10.4 Å². The van der Waals surface area contributed by atoms with Gasteiger partial charge >= 0.3 is 0 Å². The first-order valence-corrected chi connectivity index (χ1v) is 9.56. The largest absolute Gasteiger partial charge is 0.367 e. The highest BCUT2D eigenvalue weighted by molar-refractivity contribution is 7.99. The van der Waals surface area contributed by atoms with E-state index < -0.39 is 11.7 Å². The van der Waals surface area contributed by atoms with Crippen LogP contribution in [0.15, 0.2) is 65.8 Å². The molecule has 0 saturated heterocycles. The van der Waals surface area contributed by atoms with E-state index in [1.807, 2.05) is 12.1 Å². The molecular weight excluding hydrogens is 398 g/mol. The molecule has 3 N–H and O–H groups in total. The highest BCUT2D eigenvalue weighted by Crippen LogP contribution is 2.28. The van der Waals surface area contributed by atoms with Gasteiger partial charge in [0.15, 0.2) is 5.82 Å². The van der Waals surface area contributed by atoms with Crippen molar-refractivity contribution in [1.29, 1.82) is 0 Å². The lowest BCUT2D eigenvalue weighted by atomic mass is 10.2. The molecule has 10 heteroatoms. The summed E-state index contributed by atoms with van der Waals surface area (Å²) in [5.74, 6) is -1.87. The number of aromatic nitrogens is 3. The first kappa shape index (κ1) is 20.5. The van der Waals surface area contributed by atoms with E-state index in [2.05, 4.69) is 31.1 Å². The van der Waals surface area contributed by atoms with Crippen LogP contribution >= 0.6 is 11.8 Å². The van der Waals surface area contributed by atoms with Gasteiger partial charge < -0.3 is 16.0 Å². The molecule has 29 heavy (non-hydrogen) atoms. The number of anilines is 3. The van der Waals surface area contributed by atoms with Gasteiger partial charge in [-0.05, 0) is 36.4 Å².